The molecule has 5 heterocycles. The summed E-state index contributed by atoms with van der Waals surface area (Å²) < 4.78 is 0. The Labute approximate surface area is 259 Å². The quantitative estimate of drug-likeness (QED) is 0.182. The molecule has 0 bridgehead atoms. The lowest BCUT2D eigenvalue weighted by Gasteiger charge is -2.30. The Hall–Kier alpha value is -4.14. The third-order valence-electron chi connectivity index (χ3n) is 8.70. The maximum atomic E-state index is 6.94. The van der Waals surface area contributed by atoms with Crippen LogP contribution >= 0.6 is 23.4 Å². The topological polar surface area (TPSA) is 73.8 Å². The van der Waals surface area contributed by atoms with Gasteiger partial charge in [-0.25, -0.2) is 9.97 Å². The minimum Gasteiger partial charge on any atom is -0.363 e. The van der Waals surface area contributed by atoms with E-state index in [1.807, 2.05) is 24.4 Å². The summed E-state index contributed by atoms with van der Waals surface area (Å²) in [7, 11) is 0. The van der Waals surface area contributed by atoms with Crippen LogP contribution < -0.4 is 9.80 Å². The van der Waals surface area contributed by atoms with Gasteiger partial charge in [0.2, 0.25) is 0 Å². The van der Waals surface area contributed by atoms with Crippen molar-refractivity contribution < 1.29 is 0 Å². The van der Waals surface area contributed by atoms with Gasteiger partial charge in [0, 0.05) is 66.2 Å². The number of fused-ring (bicyclic) bond motifs is 3. The van der Waals surface area contributed by atoms with Crippen molar-refractivity contribution in [1.82, 2.24) is 24.9 Å². The lowest BCUT2D eigenvalue weighted by atomic mass is 10.1. The third-order valence-corrected chi connectivity index (χ3v) is 9.94. The van der Waals surface area contributed by atoms with Crippen molar-refractivity contribution in [2.75, 3.05) is 22.9 Å². The largest absolute Gasteiger partial charge is 0.363 e. The van der Waals surface area contributed by atoms with Crippen molar-refractivity contribution in [2.24, 2.45) is 11.8 Å². The number of H-pyrrole nitrogens is 1. The van der Waals surface area contributed by atoms with E-state index in [0.29, 0.717) is 23.0 Å². The van der Waals surface area contributed by atoms with Crippen LogP contribution in [0.1, 0.15) is 18.2 Å². The molecule has 2 aliphatic rings. The van der Waals surface area contributed by atoms with Gasteiger partial charge in [0.25, 0.3) is 0 Å². The Morgan fingerprint density at radius 1 is 0.930 bits per heavy atom. The molecule has 1 saturated carbocycles. The first kappa shape index (κ1) is 26.5. The minimum absolute atomic E-state index is 0.495. The van der Waals surface area contributed by atoms with E-state index in [-0.39, 0.29) is 0 Å². The summed E-state index contributed by atoms with van der Waals surface area (Å²) in [4.78, 5) is 28.5. The Morgan fingerprint density at radius 2 is 1.70 bits per heavy atom. The molecule has 6 aromatic rings. The Bertz CT molecular complexity index is 1920. The summed E-state index contributed by atoms with van der Waals surface area (Å²) in [5, 5.41) is 2.32. The van der Waals surface area contributed by atoms with Crippen molar-refractivity contribution in [1.29, 1.82) is 0 Å². The van der Waals surface area contributed by atoms with Crippen LogP contribution in [-0.4, -0.2) is 44.1 Å². The molecule has 214 valence electrons. The van der Waals surface area contributed by atoms with Crippen molar-refractivity contribution >= 4 is 56.9 Å². The van der Waals surface area contributed by atoms with Crippen LogP contribution in [0.4, 0.5) is 11.5 Å². The van der Waals surface area contributed by atoms with E-state index < -0.39 is 0 Å². The van der Waals surface area contributed by atoms with Gasteiger partial charge < -0.3 is 14.8 Å². The van der Waals surface area contributed by atoms with E-state index in [4.69, 9.17) is 21.6 Å². The molecule has 2 aromatic carbocycles. The van der Waals surface area contributed by atoms with Crippen LogP contribution in [-0.2, 0) is 13.0 Å². The molecule has 0 spiro atoms. The highest BCUT2D eigenvalue weighted by Crippen LogP contribution is 2.52. The highest BCUT2D eigenvalue weighted by molar-refractivity contribution is 7.99. The third kappa shape index (κ3) is 4.88. The van der Waals surface area contributed by atoms with E-state index in [0.717, 1.165) is 69.6 Å². The minimum atomic E-state index is 0.495. The van der Waals surface area contributed by atoms with E-state index in [9.17, 15) is 0 Å². The number of para-hydroxylation sites is 1. The van der Waals surface area contributed by atoms with Crippen LogP contribution in [0.25, 0.3) is 22.1 Å². The second-order valence-electron chi connectivity index (χ2n) is 11.3. The number of halogens is 1. The summed E-state index contributed by atoms with van der Waals surface area (Å²) in [6.07, 6.45) is 4.45. The van der Waals surface area contributed by atoms with E-state index in [2.05, 4.69) is 92.3 Å². The highest BCUT2D eigenvalue weighted by Gasteiger charge is 2.59. The number of nitrogens with zero attached hydrogens (tertiary/aromatic N) is 6. The van der Waals surface area contributed by atoms with Gasteiger partial charge in [-0.1, -0.05) is 67.1 Å². The Balaban J connectivity index is 1.10. The Morgan fingerprint density at radius 3 is 2.47 bits per heavy atom. The van der Waals surface area contributed by atoms with Gasteiger partial charge in [-0.2, -0.15) is 0 Å². The lowest BCUT2D eigenvalue weighted by molar-refractivity contribution is 0.660. The zero-order valence-electron chi connectivity index (χ0n) is 23.7. The molecule has 0 radical (unpaired) electrons. The van der Waals surface area contributed by atoms with Crippen LogP contribution in [0.15, 0.2) is 101 Å². The predicted molar refractivity (Wildman–Crippen MR) is 174 cm³/mol. The SMILES string of the molecule is CCc1[nH]c2nc(Sc3cnc4cccnc4c3)nc(N3C[C@@H]4[C@H](C3)[C@H]4N(Cc3ccccc3)c3ccccc3)c2c1Cl. The van der Waals surface area contributed by atoms with Crippen molar-refractivity contribution in [3.8, 4) is 0 Å². The molecular formula is C34H30ClN7S. The van der Waals surface area contributed by atoms with Crippen molar-refractivity contribution in [3.05, 3.63) is 108 Å². The smallest absolute Gasteiger partial charge is 0.196 e. The van der Waals surface area contributed by atoms with Crippen molar-refractivity contribution in [3.63, 3.8) is 0 Å². The summed E-state index contributed by atoms with van der Waals surface area (Å²) >= 11 is 8.45. The first-order chi connectivity index (χ1) is 21.2. The van der Waals surface area contributed by atoms with Gasteiger partial charge in [-0.3, -0.25) is 9.97 Å². The molecule has 1 aliphatic carbocycles. The molecule has 1 N–H and O–H groups in total. The van der Waals surface area contributed by atoms with Gasteiger partial charge in [0.1, 0.15) is 11.5 Å². The number of hydrogen-bond donors (Lipinski definition) is 1. The van der Waals surface area contributed by atoms with Gasteiger partial charge in [0.05, 0.1) is 21.4 Å². The zero-order chi connectivity index (χ0) is 28.9. The number of aryl methyl sites for hydroxylation is 1. The van der Waals surface area contributed by atoms with E-state index in [1.54, 1.807) is 6.20 Å². The van der Waals surface area contributed by atoms with Crippen LogP contribution in [0.5, 0.6) is 0 Å². The summed E-state index contributed by atoms with van der Waals surface area (Å²) in [6.45, 7) is 4.88. The van der Waals surface area contributed by atoms with Crippen LogP contribution in [0.2, 0.25) is 5.02 Å². The fourth-order valence-electron chi connectivity index (χ4n) is 6.58. The molecule has 1 aliphatic heterocycles. The number of benzene rings is 2. The maximum absolute atomic E-state index is 6.94. The number of pyridine rings is 2. The first-order valence-corrected chi connectivity index (χ1v) is 15.9. The molecule has 0 amide bonds. The molecule has 1 saturated heterocycles. The highest BCUT2D eigenvalue weighted by atomic mass is 35.5. The number of rotatable bonds is 8. The van der Waals surface area contributed by atoms with Crippen LogP contribution in [0.3, 0.4) is 0 Å². The summed E-state index contributed by atoms with van der Waals surface area (Å²) in [5.41, 5.74) is 6.11. The fraction of sp³-hybridized carbons (Fsp3) is 0.235. The number of nitrogens with one attached hydrogen (secondary N) is 1. The van der Waals surface area contributed by atoms with Crippen molar-refractivity contribution in [2.45, 2.75) is 36.0 Å². The number of aromatic nitrogens is 5. The first-order valence-electron chi connectivity index (χ1n) is 14.7. The van der Waals surface area contributed by atoms with E-state index >= 15 is 0 Å². The molecular weight excluding hydrogens is 574 g/mol. The molecule has 9 heteroatoms. The Kier molecular flexibility index (Phi) is 6.68. The van der Waals surface area contributed by atoms with Gasteiger partial charge in [-0.05, 0) is 54.1 Å². The average Bonchev–Trinajstić information content (AvgIpc) is 3.35. The number of anilines is 2. The van der Waals surface area contributed by atoms with Gasteiger partial charge in [0.15, 0.2) is 5.16 Å². The summed E-state index contributed by atoms with van der Waals surface area (Å²) in [6, 6.07) is 28.0. The van der Waals surface area contributed by atoms with Gasteiger partial charge in [-0.15, -0.1) is 0 Å². The predicted octanol–water partition coefficient (Wildman–Crippen LogP) is 7.41. The molecule has 43 heavy (non-hydrogen) atoms. The molecule has 8 rings (SSSR count). The molecule has 0 unspecified atom stereocenters. The zero-order valence-corrected chi connectivity index (χ0v) is 25.3. The number of aromatic amines is 1. The second kappa shape index (κ2) is 10.8. The maximum Gasteiger partial charge on any atom is 0.196 e. The average molecular weight is 604 g/mol. The standard InChI is InChI=1S/C34H30ClN7S/c1-2-26-30(35)29-32(38-26)39-34(43-23-16-28-27(37-17-23)14-9-15-36-28)40-33(29)41-19-24-25(20-41)31(24)42(22-12-7-4-8-13-22)18-21-10-5-3-6-11-21/h3-17,24-25,31H,2,18-20H2,1H3,(H,38,39,40)/t24-,25+,31+. The van der Waals surface area contributed by atoms with Gasteiger partial charge >= 0.3 is 0 Å². The number of hydrogen-bond acceptors (Lipinski definition) is 7. The molecule has 4 aromatic heterocycles. The molecule has 2 fully saturated rings. The molecule has 3 atom stereocenters. The second-order valence-corrected chi connectivity index (χ2v) is 12.7. The summed E-state index contributed by atoms with van der Waals surface area (Å²) in [5.74, 6) is 2.04. The van der Waals surface area contributed by atoms with E-state index in [1.165, 1.54) is 23.0 Å². The molecule has 7 nitrogen and oxygen atoms in total. The van der Waals surface area contributed by atoms with Crippen LogP contribution in [0, 0.1) is 11.8 Å². The monoisotopic (exact) mass is 603 g/mol. The normalized spacial score (nSPS) is 19.2. The fourth-order valence-corrected chi connectivity index (χ4v) is 7.69. The lowest BCUT2D eigenvalue weighted by Crippen LogP contribution is -2.35. The number of piperidine rings is 1.